The highest BCUT2D eigenvalue weighted by Crippen LogP contribution is 2.18. The minimum atomic E-state index is -3.64. The molecule has 1 aromatic carbocycles. The Balaban J connectivity index is 2.24. The number of nitrogens with two attached hydrogens (primary N) is 1. The van der Waals surface area contributed by atoms with Gasteiger partial charge in [-0.05, 0) is 24.1 Å². The summed E-state index contributed by atoms with van der Waals surface area (Å²) < 4.78 is 27.0. The number of hydrogen-bond acceptors (Lipinski definition) is 5. The van der Waals surface area contributed by atoms with Gasteiger partial charge in [0.15, 0.2) is 0 Å². The van der Waals surface area contributed by atoms with E-state index in [0.717, 1.165) is 16.9 Å². The number of benzene rings is 1. The van der Waals surface area contributed by atoms with Crippen LogP contribution in [0.15, 0.2) is 33.3 Å². The number of hydrogen-bond donors (Lipinski definition) is 3. The van der Waals surface area contributed by atoms with Gasteiger partial charge < -0.3 is 10.7 Å². The molecule has 0 atom stereocenters. The summed E-state index contributed by atoms with van der Waals surface area (Å²) >= 11 is 0.998. The number of nitrogens with one attached hydrogen (secondary N) is 2. The first-order chi connectivity index (χ1) is 9.44. The molecule has 4 N–H and O–H groups in total. The SMILES string of the molecule is Cc1c(CN)cccc1S(=O)(=O)NCc1csc(=O)[nH]1. The third-order valence-electron chi connectivity index (χ3n) is 2.93. The summed E-state index contributed by atoms with van der Waals surface area (Å²) in [5.74, 6) is 0. The number of H-pyrrole nitrogens is 1. The summed E-state index contributed by atoms with van der Waals surface area (Å²) in [5.41, 5.74) is 7.54. The van der Waals surface area contributed by atoms with Crippen molar-refractivity contribution in [2.45, 2.75) is 24.9 Å². The predicted molar refractivity (Wildman–Crippen MR) is 78.0 cm³/mol. The largest absolute Gasteiger partial charge is 0.326 e. The van der Waals surface area contributed by atoms with Crippen molar-refractivity contribution in [2.75, 3.05) is 0 Å². The fourth-order valence-electron chi connectivity index (χ4n) is 1.82. The second-order valence-electron chi connectivity index (χ2n) is 4.24. The molecule has 2 aromatic rings. The van der Waals surface area contributed by atoms with E-state index < -0.39 is 10.0 Å². The quantitative estimate of drug-likeness (QED) is 0.755. The molecule has 0 radical (unpaired) electrons. The van der Waals surface area contributed by atoms with E-state index in [0.29, 0.717) is 11.3 Å². The molecule has 2 rings (SSSR count). The van der Waals surface area contributed by atoms with Crippen LogP contribution in [0.25, 0.3) is 0 Å². The molecule has 8 heteroatoms. The molecule has 1 heterocycles. The van der Waals surface area contributed by atoms with Crippen molar-refractivity contribution >= 4 is 21.4 Å². The van der Waals surface area contributed by atoms with Crippen molar-refractivity contribution < 1.29 is 8.42 Å². The molecule has 0 fully saturated rings. The van der Waals surface area contributed by atoms with Crippen molar-refractivity contribution in [3.63, 3.8) is 0 Å². The summed E-state index contributed by atoms with van der Waals surface area (Å²) in [5, 5.41) is 1.59. The second-order valence-corrected chi connectivity index (χ2v) is 6.82. The van der Waals surface area contributed by atoms with E-state index in [1.807, 2.05) is 0 Å². The van der Waals surface area contributed by atoms with Crippen LogP contribution < -0.4 is 15.3 Å². The minimum absolute atomic E-state index is 0.0490. The van der Waals surface area contributed by atoms with Crippen molar-refractivity contribution in [3.8, 4) is 0 Å². The first kappa shape index (κ1) is 14.9. The maximum absolute atomic E-state index is 12.3. The molecule has 20 heavy (non-hydrogen) atoms. The maximum atomic E-state index is 12.3. The molecule has 0 spiro atoms. The number of sulfonamides is 1. The molecule has 0 aliphatic rings. The number of rotatable bonds is 5. The van der Waals surface area contributed by atoms with E-state index in [1.165, 1.54) is 6.07 Å². The fraction of sp³-hybridized carbons (Fsp3) is 0.250. The van der Waals surface area contributed by atoms with Gasteiger partial charge in [-0.25, -0.2) is 13.1 Å². The second kappa shape index (κ2) is 5.88. The third kappa shape index (κ3) is 3.15. The first-order valence-electron chi connectivity index (χ1n) is 5.89. The summed E-state index contributed by atoms with van der Waals surface area (Å²) in [6.45, 7) is 2.06. The number of aromatic nitrogens is 1. The number of aromatic amines is 1. The summed E-state index contributed by atoms with van der Waals surface area (Å²) in [7, 11) is -3.64. The highest BCUT2D eigenvalue weighted by molar-refractivity contribution is 7.89. The molecule has 0 amide bonds. The Kier molecular flexibility index (Phi) is 4.39. The molecule has 0 aliphatic carbocycles. The third-order valence-corrected chi connectivity index (χ3v) is 5.19. The van der Waals surface area contributed by atoms with E-state index in [9.17, 15) is 13.2 Å². The van der Waals surface area contributed by atoms with Crippen LogP contribution in [-0.2, 0) is 23.1 Å². The zero-order chi connectivity index (χ0) is 14.8. The fourth-order valence-corrected chi connectivity index (χ4v) is 3.70. The Morgan fingerprint density at radius 1 is 1.40 bits per heavy atom. The molecule has 0 saturated carbocycles. The highest BCUT2D eigenvalue weighted by Gasteiger charge is 2.18. The van der Waals surface area contributed by atoms with Crippen LogP contribution in [0.5, 0.6) is 0 Å². The van der Waals surface area contributed by atoms with E-state index in [2.05, 4.69) is 9.71 Å². The summed E-state index contributed by atoms with van der Waals surface area (Å²) in [6, 6.07) is 4.99. The molecular weight excluding hydrogens is 298 g/mol. The van der Waals surface area contributed by atoms with Crippen molar-refractivity contribution in [1.29, 1.82) is 0 Å². The van der Waals surface area contributed by atoms with Crippen molar-refractivity contribution in [2.24, 2.45) is 5.73 Å². The Morgan fingerprint density at radius 3 is 2.75 bits per heavy atom. The van der Waals surface area contributed by atoms with Crippen molar-refractivity contribution in [1.82, 2.24) is 9.71 Å². The molecule has 0 unspecified atom stereocenters. The van der Waals surface area contributed by atoms with Crippen LogP contribution in [0, 0.1) is 6.92 Å². The zero-order valence-corrected chi connectivity index (χ0v) is 12.5. The van der Waals surface area contributed by atoms with Gasteiger partial charge in [0.1, 0.15) is 0 Å². The van der Waals surface area contributed by atoms with Gasteiger partial charge in [-0.2, -0.15) is 0 Å². The number of thiazole rings is 1. The van der Waals surface area contributed by atoms with E-state index in [1.54, 1.807) is 24.4 Å². The maximum Gasteiger partial charge on any atom is 0.304 e. The molecule has 0 aliphatic heterocycles. The first-order valence-corrected chi connectivity index (χ1v) is 8.25. The lowest BCUT2D eigenvalue weighted by atomic mass is 10.1. The standard InChI is InChI=1S/C12H15N3O3S2/c1-8-9(5-13)3-2-4-11(8)20(17,18)14-6-10-7-19-12(16)15-10/h2-4,7,14H,5-6,13H2,1H3,(H,15,16). The van der Waals surface area contributed by atoms with E-state index in [4.69, 9.17) is 5.73 Å². The average molecular weight is 313 g/mol. The van der Waals surface area contributed by atoms with Crippen molar-refractivity contribution in [3.05, 3.63) is 50.1 Å². The predicted octanol–water partition coefficient (Wildman–Crippen LogP) is 0.682. The van der Waals surface area contributed by atoms with Crippen LogP contribution in [0.1, 0.15) is 16.8 Å². The van der Waals surface area contributed by atoms with Crippen LogP contribution >= 0.6 is 11.3 Å². The van der Waals surface area contributed by atoms with Gasteiger partial charge in [0.25, 0.3) is 0 Å². The molecular formula is C12H15N3O3S2. The molecule has 1 aromatic heterocycles. The van der Waals surface area contributed by atoms with Gasteiger partial charge in [0, 0.05) is 17.6 Å². The highest BCUT2D eigenvalue weighted by atomic mass is 32.2. The smallest absolute Gasteiger partial charge is 0.304 e. The molecule has 108 valence electrons. The zero-order valence-electron chi connectivity index (χ0n) is 10.8. The van der Waals surface area contributed by atoms with E-state index >= 15 is 0 Å². The van der Waals surface area contributed by atoms with Gasteiger partial charge in [0.05, 0.1) is 11.4 Å². The lowest BCUT2D eigenvalue weighted by molar-refractivity contribution is 0.579. The Bertz CT molecular complexity index is 762. The van der Waals surface area contributed by atoms with Gasteiger partial charge in [-0.15, -0.1) is 0 Å². The van der Waals surface area contributed by atoms with Crippen LogP contribution in [0.4, 0.5) is 0 Å². The average Bonchev–Trinajstić information content (AvgIpc) is 2.82. The topological polar surface area (TPSA) is 105 Å². The normalized spacial score (nSPS) is 11.7. The van der Waals surface area contributed by atoms with Crippen LogP contribution in [-0.4, -0.2) is 13.4 Å². The Labute approximate surface area is 120 Å². The summed E-state index contributed by atoms with van der Waals surface area (Å²) in [4.78, 5) is 13.5. The Hall–Kier alpha value is -1.48. The van der Waals surface area contributed by atoms with Gasteiger partial charge in [0.2, 0.25) is 10.0 Å². The van der Waals surface area contributed by atoms with E-state index in [-0.39, 0.29) is 22.9 Å². The van der Waals surface area contributed by atoms with Gasteiger partial charge >= 0.3 is 4.87 Å². The van der Waals surface area contributed by atoms with Gasteiger partial charge in [-0.1, -0.05) is 23.5 Å². The Morgan fingerprint density at radius 2 is 2.15 bits per heavy atom. The van der Waals surface area contributed by atoms with Crippen LogP contribution in [0.3, 0.4) is 0 Å². The monoisotopic (exact) mass is 313 g/mol. The molecule has 6 nitrogen and oxygen atoms in total. The lowest BCUT2D eigenvalue weighted by Gasteiger charge is -2.11. The van der Waals surface area contributed by atoms with Crippen LogP contribution in [0.2, 0.25) is 0 Å². The minimum Gasteiger partial charge on any atom is -0.326 e. The summed E-state index contributed by atoms with van der Waals surface area (Å²) in [6.07, 6.45) is 0. The molecule has 0 saturated heterocycles. The van der Waals surface area contributed by atoms with Gasteiger partial charge in [-0.3, -0.25) is 4.79 Å². The molecule has 0 bridgehead atoms. The lowest BCUT2D eigenvalue weighted by Crippen LogP contribution is -2.25.